The topological polar surface area (TPSA) is 42.7 Å². The minimum atomic E-state index is 0.598. The van der Waals surface area contributed by atoms with E-state index in [0.29, 0.717) is 5.02 Å². The van der Waals surface area contributed by atoms with Crippen molar-refractivity contribution in [2.24, 2.45) is 7.05 Å². The van der Waals surface area contributed by atoms with Crippen LogP contribution in [0.5, 0.6) is 0 Å². The van der Waals surface area contributed by atoms with Crippen molar-refractivity contribution in [2.45, 2.75) is 6.92 Å². The van der Waals surface area contributed by atoms with Crippen LogP contribution in [0, 0.1) is 6.92 Å². The van der Waals surface area contributed by atoms with Gasteiger partial charge in [-0.1, -0.05) is 11.6 Å². The molecule has 2 rings (SSSR count). The number of aromatic nitrogens is 3. The molecule has 0 saturated carbocycles. The van der Waals surface area contributed by atoms with Crippen molar-refractivity contribution in [1.29, 1.82) is 0 Å². The molecule has 0 aromatic carbocycles. The molecule has 0 aliphatic rings. The molecule has 2 aromatic rings. The first-order valence-electron chi connectivity index (χ1n) is 4.53. The SMILES string of the molecule is Cc1nn(C)cc1Nc1ccncc1Cl. The maximum atomic E-state index is 5.98. The molecule has 4 nitrogen and oxygen atoms in total. The lowest BCUT2D eigenvalue weighted by molar-refractivity contribution is 0.756. The van der Waals surface area contributed by atoms with Gasteiger partial charge in [0.15, 0.2) is 0 Å². The minimum absolute atomic E-state index is 0.598. The predicted octanol–water partition coefficient (Wildman–Crippen LogP) is 2.52. The molecule has 0 fully saturated rings. The molecule has 0 amide bonds. The van der Waals surface area contributed by atoms with Crippen LogP contribution in [-0.2, 0) is 7.05 Å². The Bertz CT molecular complexity index is 478. The first-order chi connectivity index (χ1) is 7.16. The van der Waals surface area contributed by atoms with Crippen LogP contribution in [0.25, 0.3) is 0 Å². The largest absolute Gasteiger partial charge is 0.351 e. The Morgan fingerprint density at radius 3 is 2.80 bits per heavy atom. The van der Waals surface area contributed by atoms with E-state index in [1.165, 1.54) is 0 Å². The van der Waals surface area contributed by atoms with Crippen LogP contribution >= 0.6 is 11.6 Å². The van der Waals surface area contributed by atoms with Crippen molar-refractivity contribution in [3.8, 4) is 0 Å². The summed E-state index contributed by atoms with van der Waals surface area (Å²) in [5.41, 5.74) is 2.72. The zero-order valence-corrected chi connectivity index (χ0v) is 9.28. The number of nitrogens with zero attached hydrogens (tertiary/aromatic N) is 3. The monoisotopic (exact) mass is 222 g/mol. The van der Waals surface area contributed by atoms with E-state index in [2.05, 4.69) is 15.4 Å². The highest BCUT2D eigenvalue weighted by atomic mass is 35.5. The highest BCUT2D eigenvalue weighted by Gasteiger charge is 2.05. The summed E-state index contributed by atoms with van der Waals surface area (Å²) in [6.45, 7) is 1.94. The number of hydrogen-bond donors (Lipinski definition) is 1. The number of pyridine rings is 1. The molecular formula is C10H11ClN4. The Balaban J connectivity index is 2.29. The van der Waals surface area contributed by atoms with Gasteiger partial charge in [-0.15, -0.1) is 0 Å². The van der Waals surface area contributed by atoms with Gasteiger partial charge in [0, 0.05) is 25.6 Å². The first-order valence-corrected chi connectivity index (χ1v) is 4.91. The summed E-state index contributed by atoms with van der Waals surface area (Å²) in [6.07, 6.45) is 5.21. The number of hydrogen-bond acceptors (Lipinski definition) is 3. The van der Waals surface area contributed by atoms with E-state index in [1.54, 1.807) is 17.1 Å². The Morgan fingerprint density at radius 2 is 2.20 bits per heavy atom. The van der Waals surface area contributed by atoms with Crippen LogP contribution in [0.15, 0.2) is 24.7 Å². The van der Waals surface area contributed by atoms with Gasteiger partial charge in [-0.3, -0.25) is 9.67 Å². The summed E-state index contributed by atoms with van der Waals surface area (Å²) in [5.74, 6) is 0. The van der Waals surface area contributed by atoms with Crippen LogP contribution in [0.1, 0.15) is 5.69 Å². The molecule has 15 heavy (non-hydrogen) atoms. The third-order valence-electron chi connectivity index (χ3n) is 2.06. The molecule has 0 unspecified atom stereocenters. The second-order valence-electron chi connectivity index (χ2n) is 3.28. The van der Waals surface area contributed by atoms with E-state index in [1.807, 2.05) is 26.2 Å². The van der Waals surface area contributed by atoms with E-state index in [4.69, 9.17) is 11.6 Å². The van der Waals surface area contributed by atoms with E-state index < -0.39 is 0 Å². The quantitative estimate of drug-likeness (QED) is 0.849. The maximum absolute atomic E-state index is 5.98. The average molecular weight is 223 g/mol. The lowest BCUT2D eigenvalue weighted by Crippen LogP contribution is -1.91. The third-order valence-corrected chi connectivity index (χ3v) is 2.36. The lowest BCUT2D eigenvalue weighted by Gasteiger charge is -2.05. The predicted molar refractivity (Wildman–Crippen MR) is 60.5 cm³/mol. The third kappa shape index (κ3) is 2.10. The number of anilines is 2. The van der Waals surface area contributed by atoms with Crippen LogP contribution < -0.4 is 5.32 Å². The van der Waals surface area contributed by atoms with Crippen molar-refractivity contribution in [3.63, 3.8) is 0 Å². The van der Waals surface area contributed by atoms with Crippen LogP contribution in [-0.4, -0.2) is 14.8 Å². The summed E-state index contributed by atoms with van der Waals surface area (Å²) in [5, 5.41) is 8.04. The first kappa shape index (κ1) is 9.98. The summed E-state index contributed by atoms with van der Waals surface area (Å²) in [4.78, 5) is 3.92. The molecule has 0 spiro atoms. The fourth-order valence-electron chi connectivity index (χ4n) is 1.34. The van der Waals surface area contributed by atoms with E-state index in [9.17, 15) is 0 Å². The zero-order chi connectivity index (χ0) is 10.8. The number of halogens is 1. The maximum Gasteiger partial charge on any atom is 0.0828 e. The standard InChI is InChI=1S/C10H11ClN4/c1-7-10(6-15(2)14-7)13-9-3-4-12-5-8(9)11/h3-6H,1-2H3,(H,12,13). The Labute approximate surface area is 92.9 Å². The van der Waals surface area contributed by atoms with Gasteiger partial charge in [0.05, 0.1) is 22.1 Å². The molecule has 0 saturated heterocycles. The highest BCUT2D eigenvalue weighted by molar-refractivity contribution is 6.33. The molecule has 0 aliphatic carbocycles. The van der Waals surface area contributed by atoms with Crippen molar-refractivity contribution in [1.82, 2.24) is 14.8 Å². The fourth-order valence-corrected chi connectivity index (χ4v) is 1.51. The fraction of sp³-hybridized carbons (Fsp3) is 0.200. The van der Waals surface area contributed by atoms with Gasteiger partial charge in [-0.05, 0) is 13.0 Å². The van der Waals surface area contributed by atoms with E-state index in [0.717, 1.165) is 17.1 Å². The normalized spacial score (nSPS) is 10.3. The molecule has 78 valence electrons. The molecule has 5 heteroatoms. The number of aryl methyl sites for hydroxylation is 2. The zero-order valence-electron chi connectivity index (χ0n) is 8.53. The van der Waals surface area contributed by atoms with Gasteiger partial charge in [0.2, 0.25) is 0 Å². The molecule has 0 radical (unpaired) electrons. The molecule has 2 heterocycles. The second-order valence-corrected chi connectivity index (χ2v) is 3.69. The van der Waals surface area contributed by atoms with Crippen molar-refractivity contribution in [3.05, 3.63) is 35.4 Å². The van der Waals surface area contributed by atoms with Gasteiger partial charge in [-0.2, -0.15) is 5.10 Å². The molecule has 2 aromatic heterocycles. The summed E-state index contributed by atoms with van der Waals surface area (Å²) in [6, 6.07) is 1.83. The number of nitrogens with one attached hydrogen (secondary N) is 1. The van der Waals surface area contributed by atoms with Crippen molar-refractivity contribution < 1.29 is 0 Å². The summed E-state index contributed by atoms with van der Waals surface area (Å²) >= 11 is 5.98. The Hall–Kier alpha value is -1.55. The average Bonchev–Trinajstić information content (AvgIpc) is 2.49. The van der Waals surface area contributed by atoms with Gasteiger partial charge < -0.3 is 5.32 Å². The minimum Gasteiger partial charge on any atom is -0.351 e. The molecule has 0 bridgehead atoms. The van der Waals surface area contributed by atoms with Crippen molar-refractivity contribution >= 4 is 23.0 Å². The van der Waals surface area contributed by atoms with E-state index in [-0.39, 0.29) is 0 Å². The van der Waals surface area contributed by atoms with Crippen LogP contribution in [0.3, 0.4) is 0 Å². The summed E-state index contributed by atoms with van der Waals surface area (Å²) in [7, 11) is 1.88. The van der Waals surface area contributed by atoms with Gasteiger partial charge in [0.1, 0.15) is 0 Å². The van der Waals surface area contributed by atoms with Gasteiger partial charge in [-0.25, -0.2) is 0 Å². The van der Waals surface area contributed by atoms with Gasteiger partial charge >= 0.3 is 0 Å². The molecule has 0 atom stereocenters. The molecule has 1 N–H and O–H groups in total. The van der Waals surface area contributed by atoms with Gasteiger partial charge in [0.25, 0.3) is 0 Å². The van der Waals surface area contributed by atoms with E-state index >= 15 is 0 Å². The van der Waals surface area contributed by atoms with Crippen LogP contribution in [0.2, 0.25) is 5.02 Å². The Morgan fingerprint density at radius 1 is 1.40 bits per heavy atom. The smallest absolute Gasteiger partial charge is 0.0828 e. The second kappa shape index (κ2) is 3.90. The van der Waals surface area contributed by atoms with Crippen LogP contribution in [0.4, 0.5) is 11.4 Å². The molecule has 0 aliphatic heterocycles. The van der Waals surface area contributed by atoms with Crippen molar-refractivity contribution in [2.75, 3.05) is 5.32 Å². The Kier molecular flexibility index (Phi) is 2.60. The highest BCUT2D eigenvalue weighted by Crippen LogP contribution is 2.24. The number of rotatable bonds is 2. The lowest BCUT2D eigenvalue weighted by atomic mass is 10.3. The summed E-state index contributed by atoms with van der Waals surface area (Å²) < 4.78 is 1.76. The molecular weight excluding hydrogens is 212 g/mol.